The number of carboxylic acid groups (broad SMARTS) is 1. The van der Waals surface area contributed by atoms with Gasteiger partial charge in [-0.05, 0) is 12.1 Å². The summed E-state index contributed by atoms with van der Waals surface area (Å²) in [5.74, 6) is -0.494. The van der Waals surface area contributed by atoms with Crippen molar-refractivity contribution in [3.63, 3.8) is 0 Å². The Balaban J connectivity index is 1.86. The topological polar surface area (TPSA) is 112 Å². The molecule has 0 atom stereocenters. The van der Waals surface area contributed by atoms with Gasteiger partial charge in [-0.1, -0.05) is 12.1 Å². The molecule has 1 aliphatic rings. The van der Waals surface area contributed by atoms with Crippen LogP contribution in [0, 0.1) is 0 Å². The van der Waals surface area contributed by atoms with Crippen molar-refractivity contribution in [1.29, 1.82) is 0 Å². The molecule has 2 N–H and O–H groups in total. The van der Waals surface area contributed by atoms with Gasteiger partial charge in [-0.3, -0.25) is 9.59 Å². The summed E-state index contributed by atoms with van der Waals surface area (Å²) in [6.45, 7) is 1.30. The zero-order valence-corrected chi connectivity index (χ0v) is 14.5. The Morgan fingerprint density at radius 3 is 2.38 bits per heavy atom. The van der Waals surface area contributed by atoms with E-state index in [1.165, 1.54) is 12.4 Å². The summed E-state index contributed by atoms with van der Waals surface area (Å²) in [6.07, 6.45) is 2.44. The monoisotopic (exact) mass is 372 g/mol. The lowest BCUT2D eigenvalue weighted by molar-refractivity contribution is 0.0684. The van der Waals surface area contributed by atoms with Crippen molar-refractivity contribution >= 4 is 35.2 Å². The van der Waals surface area contributed by atoms with Gasteiger partial charge in [0, 0.05) is 37.0 Å². The first-order valence-electron chi connectivity index (χ1n) is 7.89. The van der Waals surface area contributed by atoms with E-state index < -0.39 is 17.6 Å². The second kappa shape index (κ2) is 7.96. The number of carboxylic acids is 1. The number of anilines is 1. The van der Waals surface area contributed by atoms with Crippen molar-refractivity contribution in [2.45, 2.75) is 0 Å². The van der Waals surface area contributed by atoms with Gasteiger partial charge in [0.25, 0.3) is 11.8 Å². The molecule has 134 valence electrons. The molecule has 1 aliphatic heterocycles. The minimum Gasteiger partial charge on any atom is -0.476 e. The largest absolute Gasteiger partial charge is 0.476 e. The fourth-order valence-corrected chi connectivity index (χ4v) is 3.46. The molecular formula is C17H16N4O4S. The molecule has 0 radical (unpaired) electrons. The lowest BCUT2D eigenvalue weighted by Crippen LogP contribution is -2.38. The predicted octanol–water partition coefficient (Wildman–Crippen LogP) is 1.62. The highest BCUT2D eigenvalue weighted by atomic mass is 32.2. The molecular weight excluding hydrogens is 356 g/mol. The lowest BCUT2D eigenvalue weighted by Gasteiger charge is -2.27. The molecule has 0 aliphatic carbocycles. The Morgan fingerprint density at radius 1 is 1.04 bits per heavy atom. The van der Waals surface area contributed by atoms with Crippen LogP contribution in [0.2, 0.25) is 0 Å². The minimum atomic E-state index is -1.35. The van der Waals surface area contributed by atoms with Crippen LogP contribution in [0.1, 0.15) is 31.3 Å². The standard InChI is InChI=1S/C17H16N4O4S/c22-15(13-14(17(24)25)19-6-5-18-13)20-12-4-2-1-3-11(12)16(23)21-7-9-26-10-8-21/h1-6H,7-10H2,(H,20,22)(H,24,25). The minimum absolute atomic E-state index is 0.168. The highest BCUT2D eigenvalue weighted by Gasteiger charge is 2.24. The second-order valence-corrected chi connectivity index (χ2v) is 6.69. The van der Waals surface area contributed by atoms with Gasteiger partial charge in [0.05, 0.1) is 11.3 Å². The number of aromatic carboxylic acids is 1. The average Bonchev–Trinajstić information content (AvgIpc) is 2.68. The van der Waals surface area contributed by atoms with Crippen molar-refractivity contribution in [3.05, 3.63) is 53.6 Å². The summed E-state index contributed by atoms with van der Waals surface area (Å²) in [5, 5.41) is 11.7. The number of nitrogens with one attached hydrogen (secondary N) is 1. The highest BCUT2D eigenvalue weighted by molar-refractivity contribution is 7.99. The molecule has 26 heavy (non-hydrogen) atoms. The molecule has 9 heteroatoms. The van der Waals surface area contributed by atoms with E-state index in [2.05, 4.69) is 15.3 Å². The Kier molecular flexibility index (Phi) is 5.47. The van der Waals surface area contributed by atoms with E-state index in [0.717, 1.165) is 11.5 Å². The smallest absolute Gasteiger partial charge is 0.356 e. The number of carbonyl (C=O) groups is 3. The molecule has 0 saturated carbocycles. The molecule has 3 rings (SSSR count). The zero-order chi connectivity index (χ0) is 18.5. The molecule has 2 heterocycles. The number of rotatable bonds is 4. The summed E-state index contributed by atoms with van der Waals surface area (Å²) in [7, 11) is 0. The fraction of sp³-hybridized carbons (Fsp3) is 0.235. The van der Waals surface area contributed by atoms with Crippen LogP contribution in [0.25, 0.3) is 0 Å². The van der Waals surface area contributed by atoms with Gasteiger partial charge in [0.15, 0.2) is 11.4 Å². The molecule has 0 bridgehead atoms. The van der Waals surface area contributed by atoms with Crippen molar-refractivity contribution in [3.8, 4) is 0 Å². The van der Waals surface area contributed by atoms with E-state index in [1.54, 1.807) is 40.9 Å². The number of carbonyl (C=O) groups excluding carboxylic acids is 2. The Bertz CT molecular complexity index is 852. The highest BCUT2D eigenvalue weighted by Crippen LogP contribution is 2.20. The summed E-state index contributed by atoms with van der Waals surface area (Å²) in [4.78, 5) is 45.7. The molecule has 0 unspecified atom stereocenters. The number of aromatic nitrogens is 2. The molecule has 0 spiro atoms. The van der Waals surface area contributed by atoms with E-state index in [4.69, 9.17) is 5.11 Å². The quantitative estimate of drug-likeness (QED) is 0.838. The van der Waals surface area contributed by atoms with E-state index >= 15 is 0 Å². The normalized spacial score (nSPS) is 13.9. The molecule has 2 amide bonds. The molecule has 1 fully saturated rings. The second-order valence-electron chi connectivity index (χ2n) is 5.46. The number of amides is 2. The maximum Gasteiger partial charge on any atom is 0.356 e. The maximum absolute atomic E-state index is 12.8. The first-order chi connectivity index (χ1) is 12.6. The third-order valence-electron chi connectivity index (χ3n) is 3.82. The average molecular weight is 372 g/mol. The van der Waals surface area contributed by atoms with E-state index in [-0.39, 0.29) is 11.6 Å². The lowest BCUT2D eigenvalue weighted by atomic mass is 10.1. The van der Waals surface area contributed by atoms with Crippen LogP contribution in [0.5, 0.6) is 0 Å². The van der Waals surface area contributed by atoms with E-state index in [0.29, 0.717) is 24.3 Å². The van der Waals surface area contributed by atoms with Crippen molar-refractivity contribution < 1.29 is 19.5 Å². The van der Waals surface area contributed by atoms with Gasteiger partial charge in [-0.25, -0.2) is 14.8 Å². The maximum atomic E-state index is 12.8. The molecule has 1 saturated heterocycles. The number of benzene rings is 1. The Labute approximate surface area is 153 Å². The SMILES string of the molecule is O=C(O)c1nccnc1C(=O)Nc1ccccc1C(=O)N1CCSCC1. The van der Waals surface area contributed by atoms with Gasteiger partial charge in [-0.15, -0.1) is 0 Å². The van der Waals surface area contributed by atoms with Gasteiger partial charge >= 0.3 is 5.97 Å². The third-order valence-corrected chi connectivity index (χ3v) is 4.76. The number of hydrogen-bond acceptors (Lipinski definition) is 6. The Hall–Kier alpha value is -2.94. The van der Waals surface area contributed by atoms with E-state index in [1.807, 2.05) is 0 Å². The van der Waals surface area contributed by atoms with Gasteiger partial charge in [0.1, 0.15) is 0 Å². The van der Waals surface area contributed by atoms with Crippen LogP contribution in [-0.4, -0.2) is 62.4 Å². The van der Waals surface area contributed by atoms with Crippen LogP contribution in [0.15, 0.2) is 36.7 Å². The molecule has 1 aromatic carbocycles. The first-order valence-corrected chi connectivity index (χ1v) is 9.05. The number of para-hydroxylation sites is 1. The summed E-state index contributed by atoms with van der Waals surface area (Å²) < 4.78 is 0. The first kappa shape index (κ1) is 17.9. The van der Waals surface area contributed by atoms with Crippen LogP contribution < -0.4 is 5.32 Å². The summed E-state index contributed by atoms with van der Waals surface area (Å²) in [5.41, 5.74) is -0.0882. The van der Waals surface area contributed by atoms with Gasteiger partial charge in [0.2, 0.25) is 0 Å². The zero-order valence-electron chi connectivity index (χ0n) is 13.7. The fourth-order valence-electron chi connectivity index (χ4n) is 2.56. The summed E-state index contributed by atoms with van der Waals surface area (Å²) in [6, 6.07) is 6.63. The van der Waals surface area contributed by atoms with Crippen LogP contribution in [-0.2, 0) is 0 Å². The Morgan fingerprint density at radius 2 is 1.69 bits per heavy atom. The van der Waals surface area contributed by atoms with Gasteiger partial charge < -0.3 is 15.3 Å². The molecule has 2 aromatic rings. The number of nitrogens with zero attached hydrogens (tertiary/aromatic N) is 3. The van der Waals surface area contributed by atoms with Crippen LogP contribution in [0.3, 0.4) is 0 Å². The predicted molar refractivity (Wildman–Crippen MR) is 96.6 cm³/mol. The van der Waals surface area contributed by atoms with E-state index in [9.17, 15) is 14.4 Å². The van der Waals surface area contributed by atoms with Crippen LogP contribution in [0.4, 0.5) is 5.69 Å². The summed E-state index contributed by atoms with van der Waals surface area (Å²) >= 11 is 1.79. The van der Waals surface area contributed by atoms with Crippen molar-refractivity contribution in [2.75, 3.05) is 29.9 Å². The molecule has 1 aromatic heterocycles. The number of hydrogen-bond donors (Lipinski definition) is 2. The molecule has 8 nitrogen and oxygen atoms in total. The third kappa shape index (κ3) is 3.83. The van der Waals surface area contributed by atoms with Gasteiger partial charge in [-0.2, -0.15) is 11.8 Å². The number of thioether (sulfide) groups is 1. The van der Waals surface area contributed by atoms with Crippen molar-refractivity contribution in [1.82, 2.24) is 14.9 Å². The van der Waals surface area contributed by atoms with Crippen molar-refractivity contribution in [2.24, 2.45) is 0 Å². The van der Waals surface area contributed by atoms with Crippen LogP contribution >= 0.6 is 11.8 Å².